The van der Waals surface area contributed by atoms with E-state index in [1.807, 2.05) is 6.92 Å². The van der Waals surface area contributed by atoms with Gasteiger partial charge in [0, 0.05) is 24.4 Å². The fourth-order valence-corrected chi connectivity index (χ4v) is 2.50. The molecule has 0 bridgehead atoms. The first-order valence-corrected chi connectivity index (χ1v) is 6.76. The van der Waals surface area contributed by atoms with Crippen molar-refractivity contribution in [3.8, 4) is 0 Å². The molecule has 1 amide bonds. The maximum atomic E-state index is 12.2. The van der Waals surface area contributed by atoms with E-state index >= 15 is 0 Å². The average molecular weight is 250 g/mol. The molecule has 18 heavy (non-hydrogen) atoms. The largest absolute Gasteiger partial charge is 0.347 e. The van der Waals surface area contributed by atoms with E-state index in [9.17, 15) is 4.79 Å². The summed E-state index contributed by atoms with van der Waals surface area (Å²) in [6.45, 7) is 2.05. The standard InChI is InChI=1S/C13H22N4O/c1-2-11(12-15-7-8-16-12)17-13(18)9-3-5-10(14)6-4-9/h7-11H,2-6,14H2,1H3,(H,15,16)(H,17,18). The number of rotatable bonds is 4. The third-order valence-corrected chi connectivity index (χ3v) is 3.72. The lowest BCUT2D eigenvalue weighted by Crippen LogP contribution is -2.38. The number of nitrogens with zero attached hydrogens (tertiary/aromatic N) is 1. The lowest BCUT2D eigenvalue weighted by molar-refractivity contribution is -0.126. The number of carbonyl (C=O) groups excluding carboxylic acids is 1. The van der Waals surface area contributed by atoms with Gasteiger partial charge in [-0.15, -0.1) is 0 Å². The van der Waals surface area contributed by atoms with Crippen LogP contribution < -0.4 is 11.1 Å². The summed E-state index contributed by atoms with van der Waals surface area (Å²) < 4.78 is 0. The summed E-state index contributed by atoms with van der Waals surface area (Å²) in [5.41, 5.74) is 5.85. The van der Waals surface area contributed by atoms with Gasteiger partial charge >= 0.3 is 0 Å². The number of imidazole rings is 1. The zero-order valence-corrected chi connectivity index (χ0v) is 10.9. The van der Waals surface area contributed by atoms with Gasteiger partial charge in [-0.3, -0.25) is 4.79 Å². The minimum Gasteiger partial charge on any atom is -0.347 e. The smallest absolute Gasteiger partial charge is 0.223 e. The predicted octanol–water partition coefficient (Wildman–Crippen LogP) is 1.49. The molecule has 1 atom stereocenters. The molecular formula is C13H22N4O. The van der Waals surface area contributed by atoms with Crippen molar-refractivity contribution in [2.75, 3.05) is 0 Å². The summed E-state index contributed by atoms with van der Waals surface area (Å²) in [7, 11) is 0. The summed E-state index contributed by atoms with van der Waals surface area (Å²) >= 11 is 0. The Morgan fingerprint density at radius 3 is 2.83 bits per heavy atom. The van der Waals surface area contributed by atoms with Crippen LogP contribution in [0.25, 0.3) is 0 Å². The number of aromatic nitrogens is 2. The summed E-state index contributed by atoms with van der Waals surface area (Å²) in [6, 6.07) is 0.268. The maximum Gasteiger partial charge on any atom is 0.223 e. The SMILES string of the molecule is CCC(NC(=O)C1CCC(N)CC1)c1ncc[nH]1. The molecular weight excluding hydrogens is 228 g/mol. The number of hydrogen-bond acceptors (Lipinski definition) is 3. The highest BCUT2D eigenvalue weighted by molar-refractivity contribution is 5.79. The molecule has 1 saturated carbocycles. The van der Waals surface area contributed by atoms with Gasteiger partial charge in [0.15, 0.2) is 0 Å². The third kappa shape index (κ3) is 3.10. The minimum atomic E-state index is -0.0110. The summed E-state index contributed by atoms with van der Waals surface area (Å²) in [5, 5.41) is 3.08. The Labute approximate surface area is 108 Å². The molecule has 1 aromatic rings. The first kappa shape index (κ1) is 13.1. The van der Waals surface area contributed by atoms with E-state index in [1.165, 1.54) is 0 Å². The van der Waals surface area contributed by atoms with Crippen molar-refractivity contribution in [2.45, 2.75) is 51.1 Å². The molecule has 0 aromatic carbocycles. The van der Waals surface area contributed by atoms with E-state index in [0.717, 1.165) is 37.9 Å². The monoisotopic (exact) mass is 250 g/mol. The van der Waals surface area contributed by atoms with Gasteiger partial charge in [-0.2, -0.15) is 0 Å². The fourth-order valence-electron chi connectivity index (χ4n) is 2.50. The minimum absolute atomic E-state index is 0.0110. The first-order valence-electron chi connectivity index (χ1n) is 6.76. The summed E-state index contributed by atoms with van der Waals surface area (Å²) in [4.78, 5) is 19.4. The first-order chi connectivity index (χ1) is 8.70. The second kappa shape index (κ2) is 6.00. The quantitative estimate of drug-likeness (QED) is 0.757. The number of amides is 1. The van der Waals surface area contributed by atoms with E-state index in [2.05, 4.69) is 15.3 Å². The Morgan fingerprint density at radius 1 is 1.56 bits per heavy atom. The number of H-pyrrole nitrogens is 1. The second-order valence-corrected chi connectivity index (χ2v) is 5.06. The normalized spacial score (nSPS) is 25.7. The van der Waals surface area contributed by atoms with Gasteiger partial charge in [0.1, 0.15) is 5.82 Å². The van der Waals surface area contributed by atoms with Gasteiger partial charge in [-0.05, 0) is 32.1 Å². The van der Waals surface area contributed by atoms with Crippen molar-refractivity contribution in [2.24, 2.45) is 11.7 Å². The average Bonchev–Trinajstić information content (AvgIpc) is 2.90. The van der Waals surface area contributed by atoms with Crippen LogP contribution in [0, 0.1) is 5.92 Å². The molecule has 0 radical (unpaired) electrons. The highest BCUT2D eigenvalue weighted by atomic mass is 16.1. The van der Waals surface area contributed by atoms with E-state index < -0.39 is 0 Å². The number of nitrogens with one attached hydrogen (secondary N) is 2. The number of carbonyl (C=O) groups is 1. The van der Waals surface area contributed by atoms with Crippen molar-refractivity contribution in [3.05, 3.63) is 18.2 Å². The third-order valence-electron chi connectivity index (χ3n) is 3.72. The van der Waals surface area contributed by atoms with Crippen LogP contribution in [0.5, 0.6) is 0 Å². The van der Waals surface area contributed by atoms with Crippen LogP contribution in [0.2, 0.25) is 0 Å². The molecule has 1 fully saturated rings. The van der Waals surface area contributed by atoms with Gasteiger partial charge in [-0.25, -0.2) is 4.98 Å². The van der Waals surface area contributed by atoms with Crippen molar-refractivity contribution in [3.63, 3.8) is 0 Å². The molecule has 1 unspecified atom stereocenters. The second-order valence-electron chi connectivity index (χ2n) is 5.06. The van der Waals surface area contributed by atoms with Crippen LogP contribution in [0.15, 0.2) is 12.4 Å². The molecule has 5 heteroatoms. The maximum absolute atomic E-state index is 12.2. The summed E-state index contributed by atoms with van der Waals surface area (Å²) in [6.07, 6.45) is 8.05. The Balaban J connectivity index is 1.90. The van der Waals surface area contributed by atoms with E-state index in [1.54, 1.807) is 12.4 Å². The van der Waals surface area contributed by atoms with Gasteiger partial charge in [0.05, 0.1) is 6.04 Å². The van der Waals surface area contributed by atoms with Crippen molar-refractivity contribution in [1.29, 1.82) is 0 Å². The Kier molecular flexibility index (Phi) is 4.36. The number of nitrogens with two attached hydrogens (primary N) is 1. The Bertz CT molecular complexity index is 368. The summed E-state index contributed by atoms with van der Waals surface area (Å²) in [5.74, 6) is 1.09. The topological polar surface area (TPSA) is 83.8 Å². The van der Waals surface area contributed by atoms with Gasteiger partial charge in [-0.1, -0.05) is 6.92 Å². The lowest BCUT2D eigenvalue weighted by atomic mass is 9.86. The highest BCUT2D eigenvalue weighted by Crippen LogP contribution is 2.24. The Morgan fingerprint density at radius 2 is 2.28 bits per heavy atom. The zero-order valence-electron chi connectivity index (χ0n) is 10.9. The molecule has 1 aliphatic carbocycles. The van der Waals surface area contributed by atoms with Crippen LogP contribution in [-0.2, 0) is 4.79 Å². The van der Waals surface area contributed by atoms with Gasteiger partial charge < -0.3 is 16.0 Å². The van der Waals surface area contributed by atoms with E-state index in [-0.39, 0.29) is 23.9 Å². The van der Waals surface area contributed by atoms with Crippen LogP contribution in [0.4, 0.5) is 0 Å². The Hall–Kier alpha value is -1.36. The van der Waals surface area contributed by atoms with Gasteiger partial charge in [0.25, 0.3) is 0 Å². The molecule has 0 saturated heterocycles. The number of hydrogen-bond donors (Lipinski definition) is 3. The van der Waals surface area contributed by atoms with Gasteiger partial charge in [0.2, 0.25) is 5.91 Å². The molecule has 5 nitrogen and oxygen atoms in total. The molecule has 0 spiro atoms. The molecule has 2 rings (SSSR count). The lowest BCUT2D eigenvalue weighted by Gasteiger charge is -2.26. The van der Waals surface area contributed by atoms with Crippen LogP contribution in [0.1, 0.15) is 50.9 Å². The molecule has 100 valence electrons. The zero-order chi connectivity index (χ0) is 13.0. The molecule has 1 heterocycles. The van der Waals surface area contributed by atoms with Crippen LogP contribution >= 0.6 is 0 Å². The molecule has 1 aromatic heterocycles. The number of aromatic amines is 1. The van der Waals surface area contributed by atoms with Crippen LogP contribution in [0.3, 0.4) is 0 Å². The fraction of sp³-hybridized carbons (Fsp3) is 0.692. The van der Waals surface area contributed by atoms with E-state index in [4.69, 9.17) is 5.73 Å². The highest BCUT2D eigenvalue weighted by Gasteiger charge is 2.26. The van der Waals surface area contributed by atoms with Crippen LogP contribution in [-0.4, -0.2) is 21.9 Å². The molecule has 0 aliphatic heterocycles. The van der Waals surface area contributed by atoms with Crippen molar-refractivity contribution in [1.82, 2.24) is 15.3 Å². The molecule has 4 N–H and O–H groups in total. The predicted molar refractivity (Wildman–Crippen MR) is 69.7 cm³/mol. The van der Waals surface area contributed by atoms with Crippen molar-refractivity contribution >= 4 is 5.91 Å². The van der Waals surface area contributed by atoms with Crippen molar-refractivity contribution < 1.29 is 4.79 Å². The molecule has 1 aliphatic rings. The van der Waals surface area contributed by atoms with E-state index in [0.29, 0.717) is 0 Å².